The molecule has 1 amide bonds. The van der Waals surface area contributed by atoms with Crippen LogP contribution in [0.15, 0.2) is 18.2 Å². The first-order valence-electron chi connectivity index (χ1n) is 8.27. The maximum Gasteiger partial charge on any atom is 0.279 e. The Labute approximate surface area is 141 Å². The van der Waals surface area contributed by atoms with E-state index in [1.807, 2.05) is 0 Å². The molecule has 2 N–H and O–H groups in total. The first-order valence-corrected chi connectivity index (χ1v) is 8.27. The predicted octanol–water partition coefficient (Wildman–Crippen LogP) is 0.0641. The average Bonchev–Trinajstić information content (AvgIpc) is 3.06. The number of rotatable bonds is 5. The van der Waals surface area contributed by atoms with Crippen LogP contribution < -0.4 is 19.7 Å². The molecule has 0 unspecified atom stereocenters. The van der Waals surface area contributed by atoms with Crippen molar-refractivity contribution in [3.63, 3.8) is 0 Å². The highest BCUT2D eigenvalue weighted by Gasteiger charge is 2.42. The number of ether oxygens (including phenoxy) is 4. The molecule has 2 heterocycles. The lowest BCUT2D eigenvalue weighted by molar-refractivity contribution is -0.900. The minimum Gasteiger partial charge on any atom is -0.497 e. The van der Waals surface area contributed by atoms with Crippen LogP contribution in [0, 0.1) is 0 Å². The fourth-order valence-electron chi connectivity index (χ4n) is 3.27. The van der Waals surface area contributed by atoms with Crippen molar-refractivity contribution in [2.45, 2.75) is 18.6 Å². The summed E-state index contributed by atoms with van der Waals surface area (Å²) in [6.45, 7) is 3.51. The second kappa shape index (κ2) is 7.38. The van der Waals surface area contributed by atoms with Crippen molar-refractivity contribution in [3.8, 4) is 11.5 Å². The van der Waals surface area contributed by atoms with E-state index in [-0.39, 0.29) is 11.7 Å². The Morgan fingerprint density at radius 1 is 1.21 bits per heavy atom. The Hall–Kier alpha value is -1.83. The van der Waals surface area contributed by atoms with Gasteiger partial charge in [0.2, 0.25) is 0 Å². The molecule has 1 spiro atoms. The zero-order valence-corrected chi connectivity index (χ0v) is 14.2. The quantitative estimate of drug-likeness (QED) is 0.795. The Morgan fingerprint density at radius 2 is 1.92 bits per heavy atom. The zero-order chi connectivity index (χ0) is 17.0. The van der Waals surface area contributed by atoms with Crippen molar-refractivity contribution >= 4 is 11.6 Å². The fraction of sp³-hybridized carbons (Fsp3) is 0.588. The third-order valence-corrected chi connectivity index (χ3v) is 4.63. The van der Waals surface area contributed by atoms with Gasteiger partial charge in [0, 0.05) is 6.07 Å². The smallest absolute Gasteiger partial charge is 0.279 e. The molecule has 0 radical (unpaired) electrons. The largest absolute Gasteiger partial charge is 0.497 e. The molecule has 132 valence electrons. The van der Waals surface area contributed by atoms with Crippen molar-refractivity contribution in [1.29, 1.82) is 0 Å². The Bertz CT molecular complexity index is 576. The van der Waals surface area contributed by atoms with Crippen molar-refractivity contribution in [2.75, 3.05) is 52.4 Å². The molecule has 0 aliphatic carbocycles. The van der Waals surface area contributed by atoms with Gasteiger partial charge >= 0.3 is 0 Å². The first kappa shape index (κ1) is 17.0. The lowest BCUT2D eigenvalue weighted by atomic mass is 10.0. The van der Waals surface area contributed by atoms with Gasteiger partial charge in [-0.1, -0.05) is 0 Å². The summed E-state index contributed by atoms with van der Waals surface area (Å²) in [7, 11) is 3.17. The second-order valence-corrected chi connectivity index (χ2v) is 6.15. The number of methoxy groups -OCH3 is 2. The predicted molar refractivity (Wildman–Crippen MR) is 87.6 cm³/mol. The molecular weight excluding hydrogens is 312 g/mol. The molecule has 24 heavy (non-hydrogen) atoms. The van der Waals surface area contributed by atoms with Crippen molar-refractivity contribution < 1.29 is 28.6 Å². The van der Waals surface area contributed by atoms with Crippen LogP contribution in [0.5, 0.6) is 11.5 Å². The van der Waals surface area contributed by atoms with Crippen molar-refractivity contribution in [1.82, 2.24) is 0 Å². The monoisotopic (exact) mass is 337 g/mol. The van der Waals surface area contributed by atoms with E-state index in [1.54, 1.807) is 32.4 Å². The van der Waals surface area contributed by atoms with Gasteiger partial charge in [0.05, 0.1) is 59.1 Å². The number of likely N-dealkylation sites (tertiary alicyclic amines) is 1. The van der Waals surface area contributed by atoms with Crippen LogP contribution in [0.1, 0.15) is 12.8 Å². The van der Waals surface area contributed by atoms with Gasteiger partial charge in [0.15, 0.2) is 12.3 Å². The van der Waals surface area contributed by atoms with E-state index in [0.29, 0.717) is 36.9 Å². The molecule has 2 aliphatic rings. The van der Waals surface area contributed by atoms with Gasteiger partial charge < -0.3 is 29.2 Å². The number of hydrogen-bond donors (Lipinski definition) is 2. The SMILES string of the molecule is COc1ccc(NC(=O)C[NH+]2CCC3(CC2)OCCO3)c(OC)c1. The maximum atomic E-state index is 12.3. The van der Waals surface area contributed by atoms with Gasteiger partial charge in [-0.15, -0.1) is 0 Å². The molecule has 0 saturated carbocycles. The molecule has 0 bridgehead atoms. The summed E-state index contributed by atoms with van der Waals surface area (Å²) in [5.41, 5.74) is 0.652. The molecule has 2 fully saturated rings. The number of piperidine rings is 1. The highest BCUT2D eigenvalue weighted by atomic mass is 16.7. The lowest BCUT2D eigenvalue weighted by Gasteiger charge is -2.34. The summed E-state index contributed by atoms with van der Waals surface area (Å²) < 4.78 is 21.9. The van der Waals surface area contributed by atoms with Gasteiger partial charge in [-0.05, 0) is 12.1 Å². The van der Waals surface area contributed by atoms with Crippen molar-refractivity contribution in [2.24, 2.45) is 0 Å². The second-order valence-electron chi connectivity index (χ2n) is 6.15. The van der Waals surface area contributed by atoms with E-state index in [4.69, 9.17) is 18.9 Å². The van der Waals surface area contributed by atoms with Crippen molar-refractivity contribution in [3.05, 3.63) is 18.2 Å². The summed E-state index contributed by atoms with van der Waals surface area (Å²) in [5, 5.41) is 2.92. The van der Waals surface area contributed by atoms with Gasteiger partial charge in [-0.25, -0.2) is 0 Å². The summed E-state index contributed by atoms with van der Waals surface area (Å²) in [4.78, 5) is 13.6. The number of benzene rings is 1. The molecule has 7 nitrogen and oxygen atoms in total. The number of anilines is 1. The number of amides is 1. The Morgan fingerprint density at radius 3 is 2.54 bits per heavy atom. The lowest BCUT2D eigenvalue weighted by Crippen LogP contribution is -3.14. The third-order valence-electron chi connectivity index (χ3n) is 4.63. The number of carbonyl (C=O) groups excluding carboxylic acids is 1. The average molecular weight is 337 g/mol. The number of nitrogens with one attached hydrogen (secondary N) is 2. The van der Waals surface area contributed by atoms with Gasteiger partial charge in [0.25, 0.3) is 5.91 Å². The molecule has 1 aromatic carbocycles. The first-order chi connectivity index (χ1) is 11.6. The summed E-state index contributed by atoms with van der Waals surface area (Å²) in [5.74, 6) is 0.855. The van der Waals surface area contributed by atoms with Crippen LogP contribution in [-0.2, 0) is 14.3 Å². The van der Waals surface area contributed by atoms with E-state index in [2.05, 4.69) is 5.32 Å². The van der Waals surface area contributed by atoms with Crippen LogP contribution in [0.2, 0.25) is 0 Å². The molecule has 2 aliphatic heterocycles. The highest BCUT2D eigenvalue weighted by molar-refractivity contribution is 5.93. The van der Waals surface area contributed by atoms with Crippen LogP contribution in [0.4, 0.5) is 5.69 Å². The minimum atomic E-state index is -0.390. The topological polar surface area (TPSA) is 70.5 Å². The number of quaternary nitrogens is 1. The summed E-state index contributed by atoms with van der Waals surface area (Å²) in [6.07, 6.45) is 1.67. The van der Waals surface area contributed by atoms with Gasteiger partial charge in [-0.3, -0.25) is 4.79 Å². The van der Waals surface area contributed by atoms with E-state index in [9.17, 15) is 4.79 Å². The molecule has 0 atom stereocenters. The normalized spacial score (nSPS) is 20.1. The molecule has 1 aromatic rings. The Kier molecular flexibility index (Phi) is 5.23. The van der Waals surface area contributed by atoms with Crippen LogP contribution in [0.3, 0.4) is 0 Å². The van der Waals surface area contributed by atoms with E-state index >= 15 is 0 Å². The molecule has 7 heteroatoms. The number of carbonyl (C=O) groups is 1. The standard InChI is InChI=1S/C17H24N2O5/c1-21-13-3-4-14(15(11-13)22-2)18-16(20)12-19-7-5-17(6-8-19)23-9-10-24-17/h3-4,11H,5-10,12H2,1-2H3,(H,18,20)/p+1. The van der Waals surface area contributed by atoms with Gasteiger partial charge in [-0.2, -0.15) is 0 Å². The maximum absolute atomic E-state index is 12.3. The summed E-state index contributed by atoms with van der Waals surface area (Å²) in [6, 6.07) is 5.34. The van der Waals surface area contributed by atoms with E-state index in [0.717, 1.165) is 25.9 Å². The van der Waals surface area contributed by atoms with Crippen LogP contribution in [0.25, 0.3) is 0 Å². The molecule has 0 aromatic heterocycles. The Balaban J connectivity index is 1.53. The zero-order valence-electron chi connectivity index (χ0n) is 14.2. The van der Waals surface area contributed by atoms with E-state index < -0.39 is 0 Å². The van der Waals surface area contributed by atoms with E-state index in [1.165, 1.54) is 4.90 Å². The fourth-order valence-corrected chi connectivity index (χ4v) is 3.27. The van der Waals surface area contributed by atoms with Crippen LogP contribution >= 0.6 is 0 Å². The highest BCUT2D eigenvalue weighted by Crippen LogP contribution is 2.29. The summed E-state index contributed by atoms with van der Waals surface area (Å²) >= 11 is 0. The molecular formula is C17H25N2O5+. The molecule has 2 saturated heterocycles. The van der Waals surface area contributed by atoms with Gasteiger partial charge in [0.1, 0.15) is 11.5 Å². The number of hydrogen-bond acceptors (Lipinski definition) is 5. The molecule has 3 rings (SSSR count). The minimum absolute atomic E-state index is 0.0299. The third kappa shape index (κ3) is 3.80. The van der Waals surface area contributed by atoms with Crippen LogP contribution in [-0.4, -0.2) is 58.8 Å².